The standard InChI is InChI=1S/C19H23N4O9P/c1-11(16(25)26)23(32-12-6-4-3-5-7-12)33(29)30-10-13-15(24)19(2,28)17(31-13)22-9-8-14(20)21-18(22)27/h3-9,11,13,15,17,24,28H,10H2,1-2H3,(H2-,20,21,25,26,27)/p+1/t11?,13-,15-,17-,19-/m1/s1. The van der Waals surface area contributed by atoms with Crippen LogP contribution in [0, 0.1) is 0 Å². The van der Waals surface area contributed by atoms with E-state index >= 15 is 0 Å². The molecular formula is C19H24N4O9P+. The molecule has 33 heavy (non-hydrogen) atoms. The molecule has 2 heterocycles. The van der Waals surface area contributed by atoms with Gasteiger partial charge in [0, 0.05) is 6.20 Å². The van der Waals surface area contributed by atoms with Crippen LogP contribution >= 0.6 is 8.18 Å². The van der Waals surface area contributed by atoms with Crippen LogP contribution in [0.2, 0.25) is 0 Å². The summed E-state index contributed by atoms with van der Waals surface area (Å²) >= 11 is 0. The maximum Gasteiger partial charge on any atom is 0.653 e. The van der Waals surface area contributed by atoms with Gasteiger partial charge in [0.1, 0.15) is 35.1 Å². The summed E-state index contributed by atoms with van der Waals surface area (Å²) < 4.78 is 24.6. The summed E-state index contributed by atoms with van der Waals surface area (Å²) in [5, 5.41) is 30.6. The van der Waals surface area contributed by atoms with E-state index in [1.54, 1.807) is 18.2 Å². The van der Waals surface area contributed by atoms with Gasteiger partial charge < -0.3 is 30.6 Å². The molecule has 0 saturated carbocycles. The van der Waals surface area contributed by atoms with E-state index in [0.29, 0.717) is 4.83 Å². The Morgan fingerprint density at radius 2 is 2.06 bits per heavy atom. The molecule has 0 spiro atoms. The summed E-state index contributed by atoms with van der Waals surface area (Å²) in [7, 11) is -2.87. The fourth-order valence-electron chi connectivity index (χ4n) is 3.11. The topological polar surface area (TPSA) is 187 Å². The van der Waals surface area contributed by atoms with Crippen LogP contribution in [0.3, 0.4) is 0 Å². The highest BCUT2D eigenvalue weighted by Crippen LogP contribution is 2.40. The van der Waals surface area contributed by atoms with Gasteiger partial charge in [-0.1, -0.05) is 18.2 Å². The molecule has 0 radical (unpaired) electrons. The fraction of sp³-hybridized carbons (Fsp3) is 0.421. The van der Waals surface area contributed by atoms with Crippen LogP contribution < -0.4 is 16.3 Å². The SMILES string of the molecule is CC(C(=O)O)N(Oc1ccccc1)[P+](=O)OC[C@H]1O[C@@H](n2ccc(N)nc2=O)[C@](C)(O)[C@@H]1O. The van der Waals surface area contributed by atoms with Gasteiger partial charge in [0.05, 0.1) is 0 Å². The van der Waals surface area contributed by atoms with Crippen molar-refractivity contribution in [1.29, 1.82) is 0 Å². The summed E-state index contributed by atoms with van der Waals surface area (Å²) in [6.45, 7) is 1.99. The number of hydrogen-bond donors (Lipinski definition) is 4. The van der Waals surface area contributed by atoms with Crippen molar-refractivity contribution in [3.8, 4) is 5.75 Å². The van der Waals surface area contributed by atoms with E-state index in [-0.39, 0.29) is 11.6 Å². The van der Waals surface area contributed by atoms with Crippen LogP contribution in [-0.2, 0) is 18.6 Å². The Bertz CT molecular complexity index is 1060. The molecule has 3 rings (SSSR count). The summed E-state index contributed by atoms with van der Waals surface area (Å²) in [6, 6.07) is 8.05. The fourth-order valence-corrected chi connectivity index (χ4v) is 4.04. The van der Waals surface area contributed by atoms with Gasteiger partial charge in [-0.2, -0.15) is 4.98 Å². The molecular weight excluding hydrogens is 459 g/mol. The van der Waals surface area contributed by atoms with Gasteiger partial charge in [-0.15, -0.1) is 4.52 Å². The first-order valence-electron chi connectivity index (χ1n) is 9.78. The van der Waals surface area contributed by atoms with Gasteiger partial charge >= 0.3 is 19.8 Å². The number of aliphatic hydroxyl groups excluding tert-OH is 1. The number of rotatable bonds is 9. The summed E-state index contributed by atoms with van der Waals surface area (Å²) in [5.74, 6) is -1.11. The number of benzene rings is 1. The van der Waals surface area contributed by atoms with E-state index in [2.05, 4.69) is 4.98 Å². The first kappa shape index (κ1) is 24.7. The molecule has 2 unspecified atom stereocenters. The van der Waals surface area contributed by atoms with Crippen LogP contribution in [0.15, 0.2) is 47.4 Å². The molecule has 1 saturated heterocycles. The number of carboxylic acid groups (broad SMARTS) is 1. The van der Waals surface area contributed by atoms with Crippen LogP contribution in [-0.4, -0.2) is 66.1 Å². The molecule has 0 amide bonds. The molecule has 5 N–H and O–H groups in total. The normalized spacial score (nSPS) is 26.2. The third-order valence-corrected chi connectivity index (χ3v) is 6.12. The molecule has 1 aromatic carbocycles. The molecule has 0 aliphatic carbocycles. The Hall–Kier alpha value is -2.93. The molecule has 178 valence electrons. The van der Waals surface area contributed by atoms with Crippen molar-refractivity contribution >= 4 is 20.0 Å². The van der Waals surface area contributed by atoms with Gasteiger partial charge in [-0.05, 0) is 36.6 Å². The minimum Gasteiger partial charge on any atom is -0.480 e. The monoisotopic (exact) mass is 483 g/mol. The number of anilines is 1. The minimum absolute atomic E-state index is 0.0302. The van der Waals surface area contributed by atoms with Crippen LogP contribution in [0.1, 0.15) is 20.1 Å². The molecule has 6 atom stereocenters. The van der Waals surface area contributed by atoms with Gasteiger partial charge in [-0.3, -0.25) is 9.36 Å². The molecule has 1 aromatic heterocycles. The zero-order valence-electron chi connectivity index (χ0n) is 17.7. The summed E-state index contributed by atoms with van der Waals surface area (Å²) in [4.78, 5) is 33.2. The number of nitrogens with zero attached hydrogens (tertiary/aromatic N) is 3. The maximum absolute atomic E-state index is 12.7. The van der Waals surface area contributed by atoms with Gasteiger partial charge in [0.15, 0.2) is 18.0 Å². The van der Waals surface area contributed by atoms with Crippen molar-refractivity contribution in [3.63, 3.8) is 0 Å². The number of ether oxygens (including phenoxy) is 1. The molecule has 13 nitrogen and oxygen atoms in total. The quantitative estimate of drug-likeness (QED) is 0.282. The Kier molecular flexibility index (Phi) is 7.42. The number of carboxylic acids is 1. The molecule has 1 aliphatic rings. The molecule has 14 heteroatoms. The third-order valence-electron chi connectivity index (χ3n) is 5.00. The second kappa shape index (κ2) is 9.91. The smallest absolute Gasteiger partial charge is 0.480 e. The zero-order chi connectivity index (χ0) is 24.3. The van der Waals surface area contributed by atoms with E-state index in [9.17, 15) is 29.5 Å². The Morgan fingerprint density at radius 3 is 2.67 bits per heavy atom. The second-order valence-electron chi connectivity index (χ2n) is 7.49. The van der Waals surface area contributed by atoms with Crippen molar-refractivity contribution in [2.75, 3.05) is 12.3 Å². The lowest BCUT2D eigenvalue weighted by Crippen LogP contribution is -2.46. The number of hydroxylamine groups is 1. The van der Waals surface area contributed by atoms with E-state index in [0.717, 1.165) is 4.57 Å². The van der Waals surface area contributed by atoms with Crippen LogP contribution in [0.5, 0.6) is 5.75 Å². The Morgan fingerprint density at radius 1 is 1.39 bits per heavy atom. The van der Waals surface area contributed by atoms with Crippen LogP contribution in [0.25, 0.3) is 0 Å². The van der Waals surface area contributed by atoms with Crippen molar-refractivity contribution in [2.24, 2.45) is 0 Å². The van der Waals surface area contributed by atoms with Crippen molar-refractivity contribution in [2.45, 2.75) is 43.9 Å². The highest BCUT2D eigenvalue weighted by molar-refractivity contribution is 7.36. The van der Waals surface area contributed by atoms with Crippen LogP contribution in [0.4, 0.5) is 5.82 Å². The lowest BCUT2D eigenvalue weighted by molar-refractivity contribution is -0.148. The van der Waals surface area contributed by atoms with Crippen molar-refractivity contribution in [1.82, 2.24) is 14.4 Å². The van der Waals surface area contributed by atoms with Crippen molar-refractivity contribution < 1.29 is 38.8 Å². The number of nitrogens with two attached hydrogens (primary N) is 1. The highest BCUT2D eigenvalue weighted by Gasteiger charge is 2.55. The largest absolute Gasteiger partial charge is 0.653 e. The van der Waals surface area contributed by atoms with Gasteiger partial charge in [-0.25, -0.2) is 4.79 Å². The van der Waals surface area contributed by atoms with E-state index in [1.165, 1.54) is 38.2 Å². The average molecular weight is 483 g/mol. The molecule has 0 bridgehead atoms. The second-order valence-corrected chi connectivity index (χ2v) is 8.62. The lowest BCUT2D eigenvalue weighted by atomic mass is 9.96. The van der Waals surface area contributed by atoms with E-state index in [4.69, 9.17) is 19.8 Å². The first-order valence-corrected chi connectivity index (χ1v) is 10.9. The van der Waals surface area contributed by atoms with E-state index < -0.39 is 56.5 Å². The number of aromatic nitrogens is 2. The van der Waals surface area contributed by atoms with E-state index in [1.807, 2.05) is 0 Å². The van der Waals surface area contributed by atoms with Gasteiger partial charge in [0.2, 0.25) is 0 Å². The molecule has 2 aromatic rings. The number of aliphatic carboxylic acids is 1. The average Bonchev–Trinajstić information content (AvgIpc) is 2.99. The number of aliphatic hydroxyl groups is 2. The molecule has 1 fully saturated rings. The number of hydrogen-bond acceptors (Lipinski definition) is 10. The summed E-state index contributed by atoms with van der Waals surface area (Å²) in [6.07, 6.45) is -2.85. The lowest BCUT2D eigenvalue weighted by Gasteiger charge is -2.27. The number of nitrogen functional groups attached to an aromatic ring is 1. The number of carbonyl (C=O) groups is 1. The summed E-state index contributed by atoms with van der Waals surface area (Å²) in [5.41, 5.74) is 2.73. The maximum atomic E-state index is 12.7. The van der Waals surface area contributed by atoms with Gasteiger partial charge in [0.25, 0.3) is 0 Å². The predicted octanol–water partition coefficient (Wildman–Crippen LogP) is 0.278. The Balaban J connectivity index is 1.73. The number of para-hydroxylation sites is 1. The Labute approximate surface area is 188 Å². The van der Waals surface area contributed by atoms with Crippen molar-refractivity contribution in [3.05, 3.63) is 53.1 Å². The highest BCUT2D eigenvalue weighted by atomic mass is 31.1. The third kappa shape index (κ3) is 5.36. The first-order chi connectivity index (χ1) is 15.5. The zero-order valence-corrected chi connectivity index (χ0v) is 18.6. The molecule has 1 aliphatic heterocycles. The predicted molar refractivity (Wildman–Crippen MR) is 113 cm³/mol. The minimum atomic E-state index is -2.87.